The van der Waals surface area contributed by atoms with Crippen LogP contribution in [0.5, 0.6) is 0 Å². The average molecular weight is 259 g/mol. The van der Waals surface area contributed by atoms with Gasteiger partial charge >= 0.3 is 0 Å². The summed E-state index contributed by atoms with van der Waals surface area (Å²) < 4.78 is 5.46. The summed E-state index contributed by atoms with van der Waals surface area (Å²) >= 11 is 0. The maximum Gasteiger partial charge on any atom is 0.139 e. The van der Waals surface area contributed by atoms with Gasteiger partial charge in [-0.15, -0.1) is 0 Å². The van der Waals surface area contributed by atoms with Crippen LogP contribution in [0.25, 0.3) is 11.0 Å². The second kappa shape index (κ2) is 5.21. The van der Waals surface area contributed by atoms with Gasteiger partial charge in [0.2, 0.25) is 0 Å². The van der Waals surface area contributed by atoms with Gasteiger partial charge in [0.15, 0.2) is 0 Å². The van der Waals surface area contributed by atoms with Gasteiger partial charge in [-0.1, -0.05) is 13.3 Å². The smallest absolute Gasteiger partial charge is 0.139 e. The number of hydrogen-bond donors (Lipinski definition) is 1. The van der Waals surface area contributed by atoms with Gasteiger partial charge in [-0.3, -0.25) is 0 Å². The Bertz CT molecular complexity index is 551. The van der Waals surface area contributed by atoms with Gasteiger partial charge in [-0.25, -0.2) is 4.98 Å². The lowest BCUT2D eigenvalue weighted by Crippen LogP contribution is -2.47. The fraction of sp³-hybridized carbons (Fsp3) is 0.533. The van der Waals surface area contributed by atoms with E-state index in [1.54, 1.807) is 6.26 Å². The van der Waals surface area contributed by atoms with Crippen LogP contribution >= 0.6 is 0 Å². The van der Waals surface area contributed by atoms with E-state index in [1.165, 1.54) is 19.3 Å². The molecule has 1 aliphatic heterocycles. The molecular formula is C15H21N3O. The highest BCUT2D eigenvalue weighted by Gasteiger charge is 2.28. The predicted molar refractivity (Wildman–Crippen MR) is 77.2 cm³/mol. The van der Waals surface area contributed by atoms with Crippen molar-refractivity contribution in [1.29, 1.82) is 0 Å². The van der Waals surface area contributed by atoms with Gasteiger partial charge in [-0.05, 0) is 30.9 Å². The molecule has 2 aromatic rings. The van der Waals surface area contributed by atoms with E-state index in [2.05, 4.69) is 16.8 Å². The van der Waals surface area contributed by atoms with E-state index < -0.39 is 0 Å². The summed E-state index contributed by atoms with van der Waals surface area (Å²) in [7, 11) is 0. The third-order valence-corrected chi connectivity index (χ3v) is 4.30. The standard InChI is InChI=1S/C15H21N3O/c1-2-11-4-7-18(12(9-11)10-16)15-13-5-8-19-14(13)3-6-17-15/h3,5-6,8,11-12H,2,4,7,9-10,16H2,1H3. The number of hydrogen-bond acceptors (Lipinski definition) is 4. The van der Waals surface area contributed by atoms with Gasteiger partial charge in [0.1, 0.15) is 11.4 Å². The monoisotopic (exact) mass is 259 g/mol. The number of aromatic nitrogens is 1. The third kappa shape index (κ3) is 2.21. The molecule has 2 atom stereocenters. The molecule has 19 heavy (non-hydrogen) atoms. The molecule has 1 saturated heterocycles. The minimum atomic E-state index is 0.395. The molecule has 2 aromatic heterocycles. The number of pyridine rings is 1. The van der Waals surface area contributed by atoms with Crippen LogP contribution in [0.1, 0.15) is 26.2 Å². The van der Waals surface area contributed by atoms with Crippen molar-refractivity contribution in [2.24, 2.45) is 11.7 Å². The predicted octanol–water partition coefficient (Wildman–Crippen LogP) is 2.78. The first-order valence-corrected chi connectivity index (χ1v) is 7.12. The summed E-state index contributed by atoms with van der Waals surface area (Å²) in [5, 5.41) is 1.09. The van der Waals surface area contributed by atoms with Crippen molar-refractivity contribution in [3.05, 3.63) is 24.6 Å². The lowest BCUT2D eigenvalue weighted by Gasteiger charge is -2.39. The van der Waals surface area contributed by atoms with Gasteiger partial charge in [-0.2, -0.15) is 0 Å². The van der Waals surface area contributed by atoms with E-state index >= 15 is 0 Å². The second-order valence-corrected chi connectivity index (χ2v) is 5.35. The molecule has 2 N–H and O–H groups in total. The zero-order valence-corrected chi connectivity index (χ0v) is 11.4. The van der Waals surface area contributed by atoms with Crippen LogP contribution < -0.4 is 10.6 Å². The summed E-state index contributed by atoms with van der Waals surface area (Å²) in [4.78, 5) is 6.93. The van der Waals surface area contributed by atoms with Gasteiger partial charge < -0.3 is 15.1 Å². The lowest BCUT2D eigenvalue weighted by atomic mass is 9.89. The number of furan rings is 1. The summed E-state index contributed by atoms with van der Waals surface area (Å²) in [6, 6.07) is 4.30. The van der Waals surface area contributed by atoms with Crippen LogP contribution in [0.3, 0.4) is 0 Å². The molecule has 4 nitrogen and oxygen atoms in total. The number of piperidine rings is 1. The summed E-state index contributed by atoms with van der Waals surface area (Å²) in [6.45, 7) is 3.99. The first kappa shape index (κ1) is 12.5. The minimum absolute atomic E-state index is 0.395. The highest BCUT2D eigenvalue weighted by atomic mass is 16.3. The Balaban J connectivity index is 1.94. The van der Waals surface area contributed by atoms with Crippen molar-refractivity contribution < 1.29 is 4.42 Å². The summed E-state index contributed by atoms with van der Waals surface area (Å²) in [5.74, 6) is 1.82. The Labute approximate surface area is 113 Å². The molecule has 1 aliphatic rings. The summed E-state index contributed by atoms with van der Waals surface area (Å²) in [6.07, 6.45) is 7.19. The Morgan fingerprint density at radius 3 is 3.16 bits per heavy atom. The van der Waals surface area contributed by atoms with Crippen LogP contribution in [-0.4, -0.2) is 24.1 Å². The molecular weight excluding hydrogens is 238 g/mol. The Kier molecular flexibility index (Phi) is 3.42. The van der Waals surface area contributed by atoms with Crippen LogP contribution in [-0.2, 0) is 0 Å². The van der Waals surface area contributed by atoms with Crippen molar-refractivity contribution in [1.82, 2.24) is 4.98 Å². The van der Waals surface area contributed by atoms with Crippen molar-refractivity contribution in [2.75, 3.05) is 18.0 Å². The number of anilines is 1. The van der Waals surface area contributed by atoms with Crippen LogP contribution in [0.15, 0.2) is 29.0 Å². The number of fused-ring (bicyclic) bond motifs is 1. The van der Waals surface area contributed by atoms with E-state index in [1.807, 2.05) is 18.3 Å². The normalized spacial score (nSPS) is 24.0. The zero-order chi connectivity index (χ0) is 13.2. The Morgan fingerprint density at radius 1 is 1.47 bits per heavy atom. The van der Waals surface area contributed by atoms with Gasteiger partial charge in [0.05, 0.1) is 11.6 Å². The minimum Gasteiger partial charge on any atom is -0.464 e. The Hall–Kier alpha value is -1.55. The third-order valence-electron chi connectivity index (χ3n) is 4.30. The molecule has 4 heteroatoms. The maximum atomic E-state index is 5.97. The highest BCUT2D eigenvalue weighted by molar-refractivity contribution is 5.88. The fourth-order valence-electron chi connectivity index (χ4n) is 3.12. The van der Waals surface area contributed by atoms with E-state index in [4.69, 9.17) is 10.2 Å². The van der Waals surface area contributed by atoms with Crippen LogP contribution in [0.4, 0.5) is 5.82 Å². The second-order valence-electron chi connectivity index (χ2n) is 5.35. The summed E-state index contributed by atoms with van der Waals surface area (Å²) in [5.41, 5.74) is 6.88. The first-order valence-electron chi connectivity index (χ1n) is 7.12. The molecule has 3 heterocycles. The van der Waals surface area contributed by atoms with Crippen molar-refractivity contribution in [3.8, 4) is 0 Å². The molecule has 0 saturated carbocycles. The van der Waals surface area contributed by atoms with Crippen LogP contribution in [0, 0.1) is 5.92 Å². The maximum absolute atomic E-state index is 5.97. The lowest BCUT2D eigenvalue weighted by molar-refractivity contribution is 0.335. The van der Waals surface area contributed by atoms with Crippen molar-refractivity contribution >= 4 is 16.8 Å². The molecule has 0 amide bonds. The highest BCUT2D eigenvalue weighted by Crippen LogP contribution is 2.32. The number of nitrogens with zero attached hydrogens (tertiary/aromatic N) is 2. The molecule has 1 fully saturated rings. The van der Waals surface area contributed by atoms with Gasteiger partial charge in [0.25, 0.3) is 0 Å². The quantitative estimate of drug-likeness (QED) is 0.921. The molecule has 0 aliphatic carbocycles. The molecule has 0 bridgehead atoms. The molecule has 0 spiro atoms. The Morgan fingerprint density at radius 2 is 2.37 bits per heavy atom. The fourth-order valence-corrected chi connectivity index (χ4v) is 3.12. The van der Waals surface area contributed by atoms with E-state index in [-0.39, 0.29) is 0 Å². The first-order chi connectivity index (χ1) is 9.33. The average Bonchev–Trinajstić information content (AvgIpc) is 2.95. The molecule has 102 valence electrons. The van der Waals surface area contributed by atoms with Crippen LogP contribution in [0.2, 0.25) is 0 Å². The molecule has 0 radical (unpaired) electrons. The molecule has 3 rings (SSSR count). The van der Waals surface area contributed by atoms with Crippen molar-refractivity contribution in [3.63, 3.8) is 0 Å². The zero-order valence-electron chi connectivity index (χ0n) is 11.4. The molecule has 2 unspecified atom stereocenters. The molecule has 0 aromatic carbocycles. The van der Waals surface area contributed by atoms with E-state index in [9.17, 15) is 0 Å². The number of rotatable bonds is 3. The van der Waals surface area contributed by atoms with E-state index in [0.29, 0.717) is 12.6 Å². The number of nitrogens with two attached hydrogens (primary N) is 1. The SMILES string of the molecule is CCC1CCN(c2nccc3occc23)C(CN)C1. The largest absolute Gasteiger partial charge is 0.464 e. The van der Waals surface area contributed by atoms with Gasteiger partial charge in [0, 0.05) is 25.3 Å². The van der Waals surface area contributed by atoms with Crippen molar-refractivity contribution in [2.45, 2.75) is 32.2 Å². The van der Waals surface area contributed by atoms with E-state index in [0.717, 1.165) is 29.2 Å². The topological polar surface area (TPSA) is 55.3 Å².